The topological polar surface area (TPSA) is 56.8 Å². The zero-order valence-electron chi connectivity index (χ0n) is 9.42. The van der Waals surface area contributed by atoms with Gasteiger partial charge in [-0.3, -0.25) is 0 Å². The van der Waals surface area contributed by atoms with E-state index in [1.165, 1.54) is 23.5 Å². The first kappa shape index (κ1) is 13.8. The number of thiocyanates is 2. The van der Waals surface area contributed by atoms with Crippen LogP contribution in [0.1, 0.15) is 11.5 Å². The standard InChI is InChI=1S/C12H12N2OS2/c1-15-12-4-2-10(3-5-12)11(6-16-8-13)7-17-9-14/h2-5,11H,6-7H2,1H3. The van der Waals surface area contributed by atoms with Gasteiger partial charge in [0, 0.05) is 17.4 Å². The van der Waals surface area contributed by atoms with Crippen LogP contribution in [0.2, 0.25) is 0 Å². The van der Waals surface area contributed by atoms with E-state index in [9.17, 15) is 0 Å². The summed E-state index contributed by atoms with van der Waals surface area (Å²) in [6, 6.07) is 7.77. The zero-order chi connectivity index (χ0) is 12.5. The van der Waals surface area contributed by atoms with Crippen LogP contribution < -0.4 is 4.74 Å². The second-order valence-electron chi connectivity index (χ2n) is 3.27. The van der Waals surface area contributed by atoms with Crippen molar-refractivity contribution >= 4 is 23.5 Å². The molecule has 0 aliphatic carbocycles. The largest absolute Gasteiger partial charge is 0.497 e. The summed E-state index contributed by atoms with van der Waals surface area (Å²) in [7, 11) is 1.63. The van der Waals surface area contributed by atoms with Gasteiger partial charge in [-0.15, -0.1) is 0 Å². The van der Waals surface area contributed by atoms with Gasteiger partial charge in [0.25, 0.3) is 0 Å². The van der Waals surface area contributed by atoms with E-state index >= 15 is 0 Å². The van der Waals surface area contributed by atoms with Crippen LogP contribution in [0.5, 0.6) is 5.75 Å². The quantitative estimate of drug-likeness (QED) is 0.738. The Morgan fingerprint density at radius 1 is 1.12 bits per heavy atom. The van der Waals surface area contributed by atoms with Crippen molar-refractivity contribution in [1.29, 1.82) is 10.5 Å². The Hall–Kier alpha value is -1.30. The maximum atomic E-state index is 8.59. The van der Waals surface area contributed by atoms with Crippen molar-refractivity contribution in [2.24, 2.45) is 0 Å². The van der Waals surface area contributed by atoms with E-state index in [0.29, 0.717) is 11.5 Å². The van der Waals surface area contributed by atoms with Crippen molar-refractivity contribution in [3.05, 3.63) is 29.8 Å². The third-order valence-electron chi connectivity index (χ3n) is 2.29. The molecule has 0 atom stereocenters. The van der Waals surface area contributed by atoms with Crippen LogP contribution in [0.25, 0.3) is 0 Å². The molecule has 0 bridgehead atoms. The van der Waals surface area contributed by atoms with Crippen molar-refractivity contribution in [3.63, 3.8) is 0 Å². The maximum absolute atomic E-state index is 8.59. The normalized spacial score (nSPS) is 9.65. The molecule has 3 nitrogen and oxygen atoms in total. The molecule has 0 fully saturated rings. The molecule has 0 aliphatic heterocycles. The molecule has 5 heteroatoms. The summed E-state index contributed by atoms with van der Waals surface area (Å²) in [4.78, 5) is 0. The molecule has 0 amide bonds. The number of nitriles is 2. The Labute approximate surface area is 110 Å². The van der Waals surface area contributed by atoms with Crippen molar-refractivity contribution in [2.75, 3.05) is 18.6 Å². The lowest BCUT2D eigenvalue weighted by Gasteiger charge is -2.13. The molecule has 1 aromatic carbocycles. The summed E-state index contributed by atoms with van der Waals surface area (Å²) in [6.07, 6.45) is 0. The van der Waals surface area contributed by atoms with Gasteiger partial charge in [0.15, 0.2) is 0 Å². The average Bonchev–Trinajstić information content (AvgIpc) is 2.39. The molecule has 1 aromatic rings. The van der Waals surface area contributed by atoms with E-state index in [4.69, 9.17) is 15.3 Å². The highest BCUT2D eigenvalue weighted by Gasteiger charge is 2.12. The highest BCUT2D eigenvalue weighted by Crippen LogP contribution is 2.26. The predicted molar refractivity (Wildman–Crippen MR) is 71.9 cm³/mol. The lowest BCUT2D eigenvalue weighted by Crippen LogP contribution is -2.04. The van der Waals surface area contributed by atoms with Crippen molar-refractivity contribution in [2.45, 2.75) is 5.92 Å². The van der Waals surface area contributed by atoms with E-state index in [2.05, 4.69) is 10.8 Å². The molecule has 0 aliphatic rings. The lowest BCUT2D eigenvalue weighted by molar-refractivity contribution is 0.414. The monoisotopic (exact) mass is 264 g/mol. The SMILES string of the molecule is COc1ccc(C(CSC#N)CSC#N)cc1. The molecule has 88 valence electrons. The van der Waals surface area contributed by atoms with Crippen LogP contribution >= 0.6 is 23.5 Å². The number of thioether (sulfide) groups is 2. The minimum absolute atomic E-state index is 0.218. The number of benzene rings is 1. The number of hydrogen-bond acceptors (Lipinski definition) is 5. The number of methoxy groups -OCH3 is 1. The lowest BCUT2D eigenvalue weighted by atomic mass is 10.0. The molecule has 0 saturated heterocycles. The van der Waals surface area contributed by atoms with Gasteiger partial charge in [0.1, 0.15) is 16.6 Å². The third-order valence-corrected chi connectivity index (χ3v) is 3.68. The Kier molecular flexibility index (Phi) is 6.39. The number of nitrogens with zero attached hydrogens (tertiary/aromatic N) is 2. The molecule has 0 spiro atoms. The van der Waals surface area contributed by atoms with Crippen LogP contribution in [0.3, 0.4) is 0 Å². The zero-order valence-corrected chi connectivity index (χ0v) is 11.1. The molecule has 0 heterocycles. The van der Waals surface area contributed by atoms with Gasteiger partial charge in [0.05, 0.1) is 7.11 Å². The first-order chi connectivity index (χ1) is 8.31. The Morgan fingerprint density at radius 2 is 1.65 bits per heavy atom. The molecule has 0 saturated carbocycles. The van der Waals surface area contributed by atoms with Crippen molar-refractivity contribution < 1.29 is 4.74 Å². The van der Waals surface area contributed by atoms with Crippen LogP contribution in [-0.2, 0) is 0 Å². The van der Waals surface area contributed by atoms with E-state index in [1.807, 2.05) is 24.3 Å². The highest BCUT2D eigenvalue weighted by molar-refractivity contribution is 8.04. The fourth-order valence-corrected chi connectivity index (χ4v) is 2.71. The first-order valence-electron chi connectivity index (χ1n) is 4.97. The molecule has 0 unspecified atom stereocenters. The fourth-order valence-electron chi connectivity index (χ4n) is 1.39. The second kappa shape index (κ2) is 7.89. The van der Waals surface area contributed by atoms with Crippen molar-refractivity contribution in [3.8, 4) is 16.6 Å². The molecule has 17 heavy (non-hydrogen) atoms. The van der Waals surface area contributed by atoms with Crippen molar-refractivity contribution in [1.82, 2.24) is 0 Å². The molecule has 0 radical (unpaired) electrons. The number of ether oxygens (including phenoxy) is 1. The molecular formula is C12H12N2OS2. The maximum Gasteiger partial charge on any atom is 0.133 e. The Morgan fingerprint density at radius 3 is 2.06 bits per heavy atom. The molecular weight excluding hydrogens is 252 g/mol. The number of hydrogen-bond donors (Lipinski definition) is 0. The molecule has 0 N–H and O–H groups in total. The van der Waals surface area contributed by atoms with Gasteiger partial charge in [-0.25, -0.2) is 0 Å². The van der Waals surface area contributed by atoms with Gasteiger partial charge in [-0.2, -0.15) is 10.5 Å². The van der Waals surface area contributed by atoms with E-state index in [0.717, 1.165) is 11.3 Å². The Bertz CT molecular complexity index is 402. The van der Waals surface area contributed by atoms with Gasteiger partial charge in [-0.1, -0.05) is 12.1 Å². The van der Waals surface area contributed by atoms with Gasteiger partial charge >= 0.3 is 0 Å². The smallest absolute Gasteiger partial charge is 0.133 e. The minimum atomic E-state index is 0.218. The first-order valence-corrected chi connectivity index (χ1v) is 6.94. The summed E-state index contributed by atoms with van der Waals surface area (Å²) < 4.78 is 5.10. The molecule has 1 rings (SSSR count). The summed E-state index contributed by atoms with van der Waals surface area (Å²) in [6.45, 7) is 0. The van der Waals surface area contributed by atoms with Gasteiger partial charge in [0.2, 0.25) is 0 Å². The highest BCUT2D eigenvalue weighted by atomic mass is 32.2. The predicted octanol–water partition coefficient (Wildman–Crippen LogP) is 3.21. The van der Waals surface area contributed by atoms with E-state index < -0.39 is 0 Å². The molecule has 0 aromatic heterocycles. The number of rotatable bonds is 6. The summed E-state index contributed by atoms with van der Waals surface area (Å²) in [5, 5.41) is 21.3. The van der Waals surface area contributed by atoms with E-state index in [1.54, 1.807) is 7.11 Å². The summed E-state index contributed by atoms with van der Waals surface area (Å²) >= 11 is 2.45. The van der Waals surface area contributed by atoms with Crippen LogP contribution in [0.15, 0.2) is 24.3 Å². The Balaban J connectivity index is 2.73. The third kappa shape index (κ3) is 4.60. The summed E-state index contributed by atoms with van der Waals surface area (Å²) in [5.41, 5.74) is 1.14. The summed E-state index contributed by atoms with van der Waals surface area (Å²) in [5.74, 6) is 2.44. The van der Waals surface area contributed by atoms with Gasteiger partial charge in [-0.05, 0) is 41.2 Å². The minimum Gasteiger partial charge on any atom is -0.497 e. The average molecular weight is 264 g/mol. The fraction of sp³-hybridized carbons (Fsp3) is 0.333. The van der Waals surface area contributed by atoms with Crippen LogP contribution in [0, 0.1) is 21.3 Å². The van der Waals surface area contributed by atoms with Gasteiger partial charge < -0.3 is 4.74 Å². The second-order valence-corrected chi connectivity index (χ2v) is 4.88. The van der Waals surface area contributed by atoms with E-state index in [-0.39, 0.29) is 5.92 Å². The van der Waals surface area contributed by atoms with Crippen LogP contribution in [-0.4, -0.2) is 18.6 Å². The van der Waals surface area contributed by atoms with Crippen LogP contribution in [0.4, 0.5) is 0 Å².